The first-order chi connectivity index (χ1) is 35.2. The van der Waals surface area contributed by atoms with Crippen LogP contribution in [0.15, 0.2) is 0 Å². The Bertz CT molecular complexity index is 1130. The van der Waals surface area contributed by atoms with E-state index in [0.29, 0.717) is 19.3 Å². The van der Waals surface area contributed by atoms with Crippen molar-refractivity contribution in [3.63, 3.8) is 0 Å². The summed E-state index contributed by atoms with van der Waals surface area (Å²) < 4.78 is 11.1. The van der Waals surface area contributed by atoms with Crippen LogP contribution in [0.5, 0.6) is 0 Å². The highest BCUT2D eigenvalue weighted by Crippen LogP contribution is 2.24. The molecule has 0 aliphatic carbocycles. The molecule has 1 fully saturated rings. The molecule has 1 aliphatic rings. The van der Waals surface area contributed by atoms with E-state index in [1.807, 2.05) is 0 Å². The van der Waals surface area contributed by atoms with Crippen molar-refractivity contribution in [3.05, 3.63) is 0 Å². The maximum absolute atomic E-state index is 13.1. The van der Waals surface area contributed by atoms with Crippen molar-refractivity contribution in [2.24, 2.45) is 0 Å². The van der Waals surface area contributed by atoms with E-state index in [0.717, 1.165) is 44.9 Å². The van der Waals surface area contributed by atoms with Crippen LogP contribution in [-0.4, -0.2) is 110 Å². The molecule has 9 atom stereocenters. The first-order valence-electron chi connectivity index (χ1n) is 31.4. The van der Waals surface area contributed by atoms with Gasteiger partial charge in [0.05, 0.1) is 25.4 Å². The van der Waals surface area contributed by atoms with Gasteiger partial charge in [-0.05, 0) is 12.8 Å². The summed E-state index contributed by atoms with van der Waals surface area (Å²) in [5.41, 5.74) is 0. The molecular formula is C61H121NO10. The van der Waals surface area contributed by atoms with E-state index in [1.165, 1.54) is 231 Å². The zero-order valence-electron chi connectivity index (χ0n) is 47.2. The van der Waals surface area contributed by atoms with Crippen molar-refractivity contribution in [2.45, 2.75) is 371 Å². The molecule has 1 aliphatic heterocycles. The second-order valence-electron chi connectivity index (χ2n) is 22.5. The quantitative estimate of drug-likeness (QED) is 0.0272. The molecule has 9 unspecified atom stereocenters. The van der Waals surface area contributed by atoms with E-state index in [9.17, 15) is 40.5 Å². The predicted octanol–water partition coefficient (Wildman–Crippen LogP) is 13.7. The minimum Gasteiger partial charge on any atom is -0.394 e. The van der Waals surface area contributed by atoms with Crippen molar-refractivity contribution in [1.82, 2.24) is 5.32 Å². The molecular weight excluding hydrogens is 907 g/mol. The van der Waals surface area contributed by atoms with Crippen LogP contribution >= 0.6 is 0 Å². The third-order valence-electron chi connectivity index (χ3n) is 15.7. The summed E-state index contributed by atoms with van der Waals surface area (Å²) in [6, 6.07) is -1.16. The summed E-state index contributed by atoms with van der Waals surface area (Å²) in [6.45, 7) is 3.42. The Labute approximate surface area is 443 Å². The summed E-state index contributed by atoms with van der Waals surface area (Å²) in [6.07, 6.45) is 48.3. The highest BCUT2D eigenvalue weighted by atomic mass is 16.7. The van der Waals surface area contributed by atoms with Crippen LogP contribution in [0.1, 0.15) is 316 Å². The van der Waals surface area contributed by atoms with Crippen molar-refractivity contribution in [2.75, 3.05) is 13.2 Å². The lowest BCUT2D eigenvalue weighted by atomic mass is 9.98. The summed E-state index contributed by atoms with van der Waals surface area (Å²) in [4.78, 5) is 13.1. The van der Waals surface area contributed by atoms with Crippen LogP contribution in [0.2, 0.25) is 0 Å². The molecule has 0 saturated carbocycles. The van der Waals surface area contributed by atoms with Gasteiger partial charge in [0.1, 0.15) is 36.6 Å². The Morgan fingerprint density at radius 1 is 0.431 bits per heavy atom. The Kier molecular flexibility index (Phi) is 48.9. The van der Waals surface area contributed by atoms with E-state index in [4.69, 9.17) is 9.47 Å². The number of carbonyl (C=O) groups is 1. The molecule has 1 heterocycles. The summed E-state index contributed by atoms with van der Waals surface area (Å²) in [5.74, 6) is -0.693. The van der Waals surface area contributed by atoms with Gasteiger partial charge in [0, 0.05) is 0 Å². The fourth-order valence-corrected chi connectivity index (χ4v) is 10.6. The Hall–Kier alpha value is -0.890. The van der Waals surface area contributed by atoms with Gasteiger partial charge in [0.25, 0.3) is 0 Å². The van der Waals surface area contributed by atoms with Gasteiger partial charge in [0.15, 0.2) is 6.29 Å². The number of aliphatic hydroxyl groups excluding tert-OH is 7. The monoisotopic (exact) mass is 1030 g/mol. The predicted molar refractivity (Wildman–Crippen MR) is 298 cm³/mol. The second-order valence-corrected chi connectivity index (χ2v) is 22.5. The van der Waals surface area contributed by atoms with Gasteiger partial charge in [-0.15, -0.1) is 0 Å². The van der Waals surface area contributed by atoms with Gasteiger partial charge < -0.3 is 50.5 Å². The minimum absolute atomic E-state index is 0.266. The number of hydrogen-bond acceptors (Lipinski definition) is 10. The van der Waals surface area contributed by atoms with Crippen molar-refractivity contribution in [3.8, 4) is 0 Å². The largest absolute Gasteiger partial charge is 0.394 e. The van der Waals surface area contributed by atoms with Crippen LogP contribution in [0, 0.1) is 0 Å². The fourth-order valence-electron chi connectivity index (χ4n) is 10.6. The van der Waals surface area contributed by atoms with E-state index in [-0.39, 0.29) is 6.42 Å². The average Bonchev–Trinajstić information content (AvgIpc) is 3.38. The lowest BCUT2D eigenvalue weighted by Crippen LogP contribution is -2.60. The maximum atomic E-state index is 13.1. The Balaban J connectivity index is 2.01. The maximum Gasteiger partial charge on any atom is 0.249 e. The number of aliphatic hydroxyl groups is 7. The van der Waals surface area contributed by atoms with Crippen molar-refractivity contribution >= 4 is 5.91 Å². The number of ether oxygens (including phenoxy) is 2. The normalized spacial score (nSPS) is 19.9. The summed E-state index contributed by atoms with van der Waals surface area (Å²) in [7, 11) is 0. The third-order valence-corrected chi connectivity index (χ3v) is 15.7. The van der Waals surface area contributed by atoms with Crippen molar-refractivity contribution in [1.29, 1.82) is 0 Å². The van der Waals surface area contributed by atoms with Crippen LogP contribution < -0.4 is 5.32 Å². The first-order valence-corrected chi connectivity index (χ1v) is 31.4. The zero-order chi connectivity index (χ0) is 52.5. The third kappa shape index (κ3) is 38.6. The number of carbonyl (C=O) groups excluding carboxylic acids is 1. The molecule has 430 valence electrons. The smallest absolute Gasteiger partial charge is 0.249 e. The molecule has 11 nitrogen and oxygen atoms in total. The Morgan fingerprint density at radius 3 is 1.03 bits per heavy atom. The molecule has 11 heteroatoms. The van der Waals surface area contributed by atoms with Gasteiger partial charge in [-0.1, -0.05) is 303 Å². The molecule has 0 spiro atoms. The molecule has 0 aromatic rings. The van der Waals surface area contributed by atoms with Crippen molar-refractivity contribution < 1.29 is 50.0 Å². The van der Waals surface area contributed by atoms with Gasteiger partial charge in [-0.25, -0.2) is 0 Å². The average molecular weight is 1030 g/mol. The zero-order valence-corrected chi connectivity index (χ0v) is 47.2. The molecule has 0 bridgehead atoms. The standard InChI is InChI=1S/C61H121NO10/c1-3-5-7-9-11-12-13-14-15-16-17-18-19-20-21-22-23-24-25-26-27-28-29-30-31-32-33-34-35-36-37-38-39-40-41-43-45-47-49-54(65)60(70)62-52(56(66)53(64)48-46-44-42-10-8-6-4-2)51-71-61-59(69)58(68)57(67)55(50-63)72-61/h52-59,61,63-69H,3-51H2,1-2H3,(H,62,70). The minimum atomic E-state index is -1.66. The van der Waals surface area contributed by atoms with Crippen LogP contribution in [0.4, 0.5) is 0 Å². The van der Waals surface area contributed by atoms with Gasteiger partial charge in [0.2, 0.25) is 5.91 Å². The topological polar surface area (TPSA) is 189 Å². The number of hydrogen-bond donors (Lipinski definition) is 8. The second kappa shape index (κ2) is 50.9. The number of nitrogens with one attached hydrogen (secondary N) is 1. The lowest BCUT2D eigenvalue weighted by molar-refractivity contribution is -0.303. The summed E-state index contributed by atoms with van der Waals surface area (Å²) >= 11 is 0. The van der Waals surface area contributed by atoms with Crippen LogP contribution in [0.25, 0.3) is 0 Å². The highest BCUT2D eigenvalue weighted by molar-refractivity contribution is 5.80. The van der Waals surface area contributed by atoms with Crippen LogP contribution in [-0.2, 0) is 14.3 Å². The molecule has 0 aromatic heterocycles. The van der Waals surface area contributed by atoms with E-state index < -0.39 is 74.2 Å². The molecule has 72 heavy (non-hydrogen) atoms. The number of amides is 1. The van der Waals surface area contributed by atoms with Gasteiger partial charge >= 0.3 is 0 Å². The molecule has 1 saturated heterocycles. The molecule has 0 radical (unpaired) electrons. The SMILES string of the molecule is CCCCCCCCCCCCCCCCCCCCCCCCCCCCCCCCCCCCCCCCC(O)C(=O)NC(COC1OC(CO)C(O)C(O)C1O)C(O)C(O)CCCCCCCCC. The van der Waals surface area contributed by atoms with Crippen LogP contribution in [0.3, 0.4) is 0 Å². The lowest BCUT2D eigenvalue weighted by Gasteiger charge is -2.40. The molecule has 1 rings (SSSR count). The van der Waals surface area contributed by atoms with E-state index >= 15 is 0 Å². The van der Waals surface area contributed by atoms with Gasteiger partial charge in [-0.3, -0.25) is 4.79 Å². The highest BCUT2D eigenvalue weighted by Gasteiger charge is 2.44. The number of unbranched alkanes of at least 4 members (excludes halogenated alkanes) is 43. The Morgan fingerprint density at radius 2 is 0.722 bits per heavy atom. The van der Waals surface area contributed by atoms with E-state index in [2.05, 4.69) is 19.2 Å². The van der Waals surface area contributed by atoms with E-state index in [1.54, 1.807) is 0 Å². The molecule has 8 N–H and O–H groups in total. The summed E-state index contributed by atoms with van der Waals surface area (Å²) in [5, 5.41) is 75.6. The molecule has 0 aromatic carbocycles. The fraction of sp³-hybridized carbons (Fsp3) is 0.984. The first kappa shape index (κ1) is 69.1. The van der Waals surface area contributed by atoms with Gasteiger partial charge in [-0.2, -0.15) is 0 Å². The number of rotatable bonds is 55. The molecule has 1 amide bonds.